The van der Waals surface area contributed by atoms with Crippen LogP contribution in [0.3, 0.4) is 0 Å². The van der Waals surface area contributed by atoms with Gasteiger partial charge in [-0.3, -0.25) is 9.36 Å². The van der Waals surface area contributed by atoms with E-state index < -0.39 is 12.0 Å². The van der Waals surface area contributed by atoms with Crippen molar-refractivity contribution in [2.45, 2.75) is 26.5 Å². The number of hydrogen-bond donors (Lipinski definition) is 0. The SMILES string of the molecule is CCOC(=O)C1=C(C)N=c2s/c(=C\c3cc(I)c(OCc4ccc(Br)cc4)c(OC)c3)c(=O)n2[C@@H]1c1cccs1. The Morgan fingerprint density at radius 2 is 2.00 bits per heavy atom. The summed E-state index contributed by atoms with van der Waals surface area (Å²) in [7, 11) is 1.59. The van der Waals surface area contributed by atoms with E-state index >= 15 is 0 Å². The average molecular weight is 751 g/mol. The second kappa shape index (κ2) is 12.4. The summed E-state index contributed by atoms with van der Waals surface area (Å²) >= 11 is 8.44. The van der Waals surface area contributed by atoms with Crippen molar-refractivity contribution in [1.82, 2.24) is 4.57 Å². The van der Waals surface area contributed by atoms with E-state index in [2.05, 4.69) is 43.5 Å². The summed E-state index contributed by atoms with van der Waals surface area (Å²) in [5, 5.41) is 1.93. The van der Waals surface area contributed by atoms with Gasteiger partial charge in [0.1, 0.15) is 12.6 Å². The number of allylic oxidation sites excluding steroid dienone is 1. The van der Waals surface area contributed by atoms with Crippen LogP contribution in [0, 0.1) is 3.57 Å². The number of thiophene rings is 1. The second-order valence-electron chi connectivity index (χ2n) is 8.77. The second-order valence-corrected chi connectivity index (χ2v) is 12.8. The standard InChI is InChI=1S/C29H24BrIN2O5S2/c1-4-37-28(35)24-16(2)32-29-33(25(24)22-6-5-11-39-22)27(34)23(40-29)14-18-12-20(31)26(21(13-18)36-3)38-15-17-7-9-19(30)10-8-17/h5-14,25H,4,15H2,1-3H3/b23-14-/t25-/m1/s1. The number of hydrogen-bond acceptors (Lipinski definition) is 8. The summed E-state index contributed by atoms with van der Waals surface area (Å²) in [6.45, 7) is 4.17. The third-order valence-electron chi connectivity index (χ3n) is 6.18. The first-order valence-electron chi connectivity index (χ1n) is 12.3. The van der Waals surface area contributed by atoms with Gasteiger partial charge < -0.3 is 14.2 Å². The van der Waals surface area contributed by atoms with Crippen LogP contribution in [0.1, 0.15) is 35.9 Å². The Bertz CT molecular complexity index is 1780. The molecule has 1 aliphatic rings. The molecule has 7 nitrogen and oxygen atoms in total. The Balaban J connectivity index is 1.54. The van der Waals surface area contributed by atoms with Crippen LogP contribution in [0.4, 0.5) is 0 Å². The van der Waals surface area contributed by atoms with Crippen LogP contribution in [-0.2, 0) is 16.1 Å². The molecule has 0 N–H and O–H groups in total. The lowest BCUT2D eigenvalue weighted by Crippen LogP contribution is -2.39. The van der Waals surface area contributed by atoms with Crippen molar-refractivity contribution in [3.63, 3.8) is 0 Å². The Hall–Kier alpha value is -2.74. The van der Waals surface area contributed by atoms with Crippen LogP contribution < -0.4 is 24.4 Å². The molecule has 4 aromatic rings. The molecule has 0 bridgehead atoms. The lowest BCUT2D eigenvalue weighted by atomic mass is 10.0. The minimum atomic E-state index is -0.596. The first kappa shape index (κ1) is 28.8. The van der Waals surface area contributed by atoms with Crippen LogP contribution >= 0.6 is 61.2 Å². The topological polar surface area (TPSA) is 79.1 Å². The molecule has 40 heavy (non-hydrogen) atoms. The van der Waals surface area contributed by atoms with Crippen LogP contribution in [0.2, 0.25) is 0 Å². The fourth-order valence-corrected chi connectivity index (χ4v) is 7.27. The van der Waals surface area contributed by atoms with Gasteiger partial charge in [-0.15, -0.1) is 11.3 Å². The molecule has 206 valence electrons. The molecule has 11 heteroatoms. The van der Waals surface area contributed by atoms with Crippen molar-refractivity contribution in [2.75, 3.05) is 13.7 Å². The van der Waals surface area contributed by atoms with Crippen molar-refractivity contribution < 1.29 is 19.0 Å². The fraction of sp³-hybridized carbons (Fsp3) is 0.207. The third-order valence-corrected chi connectivity index (χ3v) is 9.41. The summed E-state index contributed by atoms with van der Waals surface area (Å²) in [6, 6.07) is 15.0. The first-order valence-corrected chi connectivity index (χ1v) is 15.8. The zero-order valence-corrected chi connectivity index (χ0v) is 27.1. The van der Waals surface area contributed by atoms with Gasteiger partial charge in [0.05, 0.1) is 33.1 Å². The van der Waals surface area contributed by atoms with Crippen molar-refractivity contribution in [3.05, 3.63) is 109 Å². The molecule has 5 rings (SSSR count). The number of aromatic nitrogens is 1. The van der Waals surface area contributed by atoms with E-state index in [1.54, 1.807) is 25.5 Å². The minimum absolute atomic E-state index is 0.221. The number of methoxy groups -OCH3 is 1. The van der Waals surface area contributed by atoms with Crippen molar-refractivity contribution in [3.8, 4) is 11.5 Å². The van der Waals surface area contributed by atoms with E-state index in [9.17, 15) is 9.59 Å². The first-order chi connectivity index (χ1) is 19.3. The Morgan fingerprint density at radius 1 is 1.23 bits per heavy atom. The Labute approximate surface area is 260 Å². The predicted molar refractivity (Wildman–Crippen MR) is 169 cm³/mol. The molecule has 0 fully saturated rings. The summed E-state index contributed by atoms with van der Waals surface area (Å²) in [5.74, 6) is 0.742. The van der Waals surface area contributed by atoms with E-state index in [0.29, 0.717) is 38.7 Å². The van der Waals surface area contributed by atoms with Gasteiger partial charge in [0.2, 0.25) is 0 Å². The molecule has 0 saturated carbocycles. The molecule has 1 atom stereocenters. The normalized spacial score (nSPS) is 15.0. The highest BCUT2D eigenvalue weighted by atomic mass is 127. The third kappa shape index (κ3) is 5.83. The largest absolute Gasteiger partial charge is 0.493 e. The van der Waals surface area contributed by atoms with Gasteiger partial charge in [-0.25, -0.2) is 9.79 Å². The summed E-state index contributed by atoms with van der Waals surface area (Å²) in [6.07, 6.45) is 1.82. The molecule has 2 aromatic heterocycles. The highest BCUT2D eigenvalue weighted by Gasteiger charge is 2.33. The number of esters is 1. The van der Waals surface area contributed by atoms with Crippen LogP contribution in [-0.4, -0.2) is 24.3 Å². The lowest BCUT2D eigenvalue weighted by molar-refractivity contribution is -0.139. The number of rotatable bonds is 8. The molecule has 1 aliphatic heterocycles. The maximum absolute atomic E-state index is 13.8. The number of benzene rings is 2. The minimum Gasteiger partial charge on any atom is -0.493 e. The summed E-state index contributed by atoms with van der Waals surface area (Å²) < 4.78 is 21.1. The average Bonchev–Trinajstić information content (AvgIpc) is 3.56. The molecule has 0 spiro atoms. The number of nitrogens with zero attached hydrogens (tertiary/aromatic N) is 2. The molecular formula is C29H24BrIN2O5S2. The van der Waals surface area contributed by atoms with Crippen LogP contribution in [0.5, 0.6) is 11.5 Å². The maximum atomic E-state index is 13.8. The van der Waals surface area contributed by atoms with Crippen LogP contribution in [0.15, 0.2) is 79.4 Å². The van der Waals surface area contributed by atoms with E-state index in [0.717, 1.165) is 24.0 Å². The molecule has 0 radical (unpaired) electrons. The number of halogens is 2. The fourth-order valence-electron chi connectivity index (χ4n) is 4.36. The number of carbonyl (C=O) groups excluding carboxylic acids is 1. The van der Waals surface area contributed by atoms with E-state index in [1.165, 1.54) is 22.7 Å². The molecule has 0 amide bonds. The quantitative estimate of drug-likeness (QED) is 0.168. The Morgan fingerprint density at radius 3 is 2.67 bits per heavy atom. The van der Waals surface area contributed by atoms with E-state index in [-0.39, 0.29) is 12.2 Å². The van der Waals surface area contributed by atoms with Crippen molar-refractivity contribution in [1.29, 1.82) is 0 Å². The van der Waals surface area contributed by atoms with E-state index in [4.69, 9.17) is 14.2 Å². The number of ether oxygens (including phenoxy) is 3. The van der Waals surface area contributed by atoms with Gasteiger partial charge in [-0.2, -0.15) is 0 Å². The monoisotopic (exact) mass is 750 g/mol. The highest BCUT2D eigenvalue weighted by molar-refractivity contribution is 14.1. The molecular weight excluding hydrogens is 727 g/mol. The van der Waals surface area contributed by atoms with Crippen LogP contribution in [0.25, 0.3) is 6.08 Å². The number of fused-ring (bicyclic) bond motifs is 1. The van der Waals surface area contributed by atoms with Gasteiger partial charge in [0.15, 0.2) is 16.3 Å². The lowest BCUT2D eigenvalue weighted by Gasteiger charge is -2.23. The summed E-state index contributed by atoms with van der Waals surface area (Å²) in [5.41, 5.74) is 2.53. The van der Waals surface area contributed by atoms with Gasteiger partial charge in [0.25, 0.3) is 5.56 Å². The predicted octanol–water partition coefficient (Wildman–Crippen LogP) is 5.81. The zero-order chi connectivity index (χ0) is 28.4. The number of carbonyl (C=O) groups is 1. The highest BCUT2D eigenvalue weighted by Crippen LogP contribution is 2.35. The van der Waals surface area contributed by atoms with Crippen molar-refractivity contribution >= 4 is 73.2 Å². The zero-order valence-electron chi connectivity index (χ0n) is 21.8. The smallest absolute Gasteiger partial charge is 0.338 e. The Kier molecular flexibility index (Phi) is 8.93. The molecule has 2 aromatic carbocycles. The molecule has 0 unspecified atom stereocenters. The molecule has 0 saturated heterocycles. The maximum Gasteiger partial charge on any atom is 0.338 e. The van der Waals surface area contributed by atoms with Gasteiger partial charge >= 0.3 is 5.97 Å². The van der Waals surface area contributed by atoms with Gasteiger partial charge in [-0.1, -0.05) is 45.5 Å². The van der Waals surface area contributed by atoms with Crippen molar-refractivity contribution in [2.24, 2.45) is 4.99 Å². The molecule has 3 heterocycles. The van der Waals surface area contributed by atoms with Gasteiger partial charge in [0, 0.05) is 9.35 Å². The summed E-state index contributed by atoms with van der Waals surface area (Å²) in [4.78, 5) is 32.8. The van der Waals surface area contributed by atoms with E-state index in [1.807, 2.05) is 60.0 Å². The molecule has 0 aliphatic carbocycles. The van der Waals surface area contributed by atoms with Gasteiger partial charge in [-0.05, 0) is 89.4 Å². The number of thiazole rings is 1.